The summed E-state index contributed by atoms with van der Waals surface area (Å²) in [4.78, 5) is 2.71. The maximum atomic E-state index is 3.49. The first-order valence-electron chi connectivity index (χ1n) is 7.04. The van der Waals surface area contributed by atoms with E-state index in [2.05, 4.69) is 31.0 Å². The van der Waals surface area contributed by atoms with Gasteiger partial charge in [-0.2, -0.15) is 0 Å². The SMILES string of the molecule is CCNCC(C)(C)CN1CC2CCCC2C1. The Balaban J connectivity index is 1.77. The van der Waals surface area contributed by atoms with E-state index in [-0.39, 0.29) is 0 Å². The molecule has 1 N–H and O–H groups in total. The molecule has 2 rings (SSSR count). The van der Waals surface area contributed by atoms with Gasteiger partial charge in [-0.15, -0.1) is 0 Å². The van der Waals surface area contributed by atoms with E-state index in [9.17, 15) is 0 Å². The molecule has 1 aliphatic heterocycles. The number of fused-ring (bicyclic) bond motifs is 1. The fourth-order valence-electron chi connectivity index (χ4n) is 3.59. The Kier molecular flexibility index (Phi) is 3.91. The lowest BCUT2D eigenvalue weighted by molar-refractivity contribution is 0.194. The third-order valence-corrected chi connectivity index (χ3v) is 4.31. The molecule has 1 heterocycles. The molecule has 0 radical (unpaired) electrons. The molecule has 2 atom stereocenters. The molecule has 0 aromatic heterocycles. The smallest absolute Gasteiger partial charge is 0.00451 e. The predicted octanol–water partition coefficient (Wildman–Crippen LogP) is 2.35. The van der Waals surface area contributed by atoms with Crippen molar-refractivity contribution in [1.82, 2.24) is 10.2 Å². The zero-order valence-corrected chi connectivity index (χ0v) is 11.3. The minimum Gasteiger partial charge on any atom is -0.316 e. The number of hydrogen-bond donors (Lipinski definition) is 1. The van der Waals surface area contributed by atoms with E-state index in [1.165, 1.54) is 38.9 Å². The van der Waals surface area contributed by atoms with Gasteiger partial charge in [0.15, 0.2) is 0 Å². The van der Waals surface area contributed by atoms with Gasteiger partial charge in [0, 0.05) is 26.2 Å². The zero-order chi connectivity index (χ0) is 11.6. The third-order valence-electron chi connectivity index (χ3n) is 4.31. The van der Waals surface area contributed by atoms with Gasteiger partial charge in [-0.05, 0) is 36.6 Å². The van der Waals surface area contributed by atoms with Crippen LogP contribution in [0.25, 0.3) is 0 Å². The van der Waals surface area contributed by atoms with E-state index < -0.39 is 0 Å². The predicted molar refractivity (Wildman–Crippen MR) is 69.6 cm³/mol. The standard InChI is InChI=1S/C14H28N2/c1-4-15-10-14(2,3)11-16-8-12-6-5-7-13(12)9-16/h12-13,15H,4-11H2,1-3H3. The fraction of sp³-hybridized carbons (Fsp3) is 1.00. The minimum atomic E-state index is 0.425. The van der Waals surface area contributed by atoms with Crippen LogP contribution in [0.5, 0.6) is 0 Å². The molecule has 0 aromatic carbocycles. The monoisotopic (exact) mass is 224 g/mol. The Morgan fingerprint density at radius 3 is 2.38 bits per heavy atom. The molecule has 0 bridgehead atoms. The summed E-state index contributed by atoms with van der Waals surface area (Å²) < 4.78 is 0. The average molecular weight is 224 g/mol. The van der Waals surface area contributed by atoms with Crippen LogP contribution in [0.15, 0.2) is 0 Å². The molecule has 94 valence electrons. The summed E-state index contributed by atoms with van der Waals surface area (Å²) >= 11 is 0. The fourth-order valence-corrected chi connectivity index (χ4v) is 3.59. The van der Waals surface area contributed by atoms with Gasteiger partial charge in [-0.1, -0.05) is 27.2 Å². The van der Waals surface area contributed by atoms with Crippen molar-refractivity contribution in [3.63, 3.8) is 0 Å². The highest BCUT2D eigenvalue weighted by atomic mass is 15.2. The maximum absolute atomic E-state index is 3.49. The molecule has 2 unspecified atom stereocenters. The van der Waals surface area contributed by atoms with Gasteiger partial charge in [0.1, 0.15) is 0 Å². The topological polar surface area (TPSA) is 15.3 Å². The Morgan fingerprint density at radius 2 is 1.81 bits per heavy atom. The van der Waals surface area contributed by atoms with Gasteiger partial charge < -0.3 is 10.2 Å². The van der Waals surface area contributed by atoms with Crippen LogP contribution < -0.4 is 5.32 Å². The van der Waals surface area contributed by atoms with Gasteiger partial charge in [0.05, 0.1) is 0 Å². The van der Waals surface area contributed by atoms with Crippen LogP contribution in [0, 0.1) is 17.3 Å². The van der Waals surface area contributed by atoms with E-state index in [4.69, 9.17) is 0 Å². The summed E-state index contributed by atoms with van der Waals surface area (Å²) in [6, 6.07) is 0. The molecular formula is C14H28N2. The molecule has 0 amide bonds. The highest BCUT2D eigenvalue weighted by molar-refractivity contribution is 4.90. The Morgan fingerprint density at radius 1 is 1.19 bits per heavy atom. The van der Waals surface area contributed by atoms with Crippen LogP contribution in [0.1, 0.15) is 40.0 Å². The maximum Gasteiger partial charge on any atom is 0.00451 e. The van der Waals surface area contributed by atoms with E-state index >= 15 is 0 Å². The summed E-state index contributed by atoms with van der Waals surface area (Å²) in [6.07, 6.45) is 4.48. The molecule has 1 saturated carbocycles. The Hall–Kier alpha value is -0.0800. The van der Waals surface area contributed by atoms with Crippen molar-refractivity contribution in [3.8, 4) is 0 Å². The van der Waals surface area contributed by atoms with Gasteiger partial charge >= 0.3 is 0 Å². The van der Waals surface area contributed by atoms with Crippen molar-refractivity contribution in [2.75, 3.05) is 32.7 Å². The minimum absolute atomic E-state index is 0.425. The van der Waals surface area contributed by atoms with Crippen molar-refractivity contribution >= 4 is 0 Å². The first-order valence-corrected chi connectivity index (χ1v) is 7.04. The average Bonchev–Trinajstić information content (AvgIpc) is 2.74. The normalized spacial score (nSPS) is 30.9. The summed E-state index contributed by atoms with van der Waals surface area (Å²) in [5.41, 5.74) is 0.425. The highest BCUT2D eigenvalue weighted by Crippen LogP contribution is 2.38. The second kappa shape index (κ2) is 5.05. The second-order valence-corrected chi connectivity index (χ2v) is 6.59. The number of likely N-dealkylation sites (tertiary alicyclic amines) is 1. The lowest BCUT2D eigenvalue weighted by Gasteiger charge is -2.30. The van der Waals surface area contributed by atoms with E-state index in [1.54, 1.807) is 0 Å². The number of nitrogens with one attached hydrogen (secondary N) is 1. The molecule has 0 spiro atoms. The van der Waals surface area contributed by atoms with Crippen LogP contribution in [0.4, 0.5) is 0 Å². The third kappa shape index (κ3) is 2.98. The number of nitrogens with zero attached hydrogens (tertiary/aromatic N) is 1. The Bertz CT molecular complexity index is 213. The number of hydrogen-bond acceptors (Lipinski definition) is 2. The van der Waals surface area contributed by atoms with Gasteiger partial charge in [0.25, 0.3) is 0 Å². The van der Waals surface area contributed by atoms with Gasteiger partial charge in [-0.25, -0.2) is 0 Å². The second-order valence-electron chi connectivity index (χ2n) is 6.59. The van der Waals surface area contributed by atoms with Crippen molar-refractivity contribution in [2.45, 2.75) is 40.0 Å². The molecular weight excluding hydrogens is 196 g/mol. The van der Waals surface area contributed by atoms with E-state index in [0.717, 1.165) is 24.9 Å². The first-order chi connectivity index (χ1) is 7.61. The van der Waals surface area contributed by atoms with Crippen molar-refractivity contribution in [2.24, 2.45) is 17.3 Å². The lowest BCUT2D eigenvalue weighted by atomic mass is 9.92. The summed E-state index contributed by atoms with van der Waals surface area (Å²) in [5.74, 6) is 2.07. The molecule has 2 nitrogen and oxygen atoms in total. The molecule has 16 heavy (non-hydrogen) atoms. The first kappa shape index (κ1) is 12.4. The quantitative estimate of drug-likeness (QED) is 0.771. The molecule has 2 aliphatic rings. The van der Waals surface area contributed by atoms with Crippen LogP contribution >= 0.6 is 0 Å². The molecule has 1 aliphatic carbocycles. The molecule has 1 saturated heterocycles. The largest absolute Gasteiger partial charge is 0.316 e. The van der Waals surface area contributed by atoms with Crippen molar-refractivity contribution < 1.29 is 0 Å². The lowest BCUT2D eigenvalue weighted by Crippen LogP contribution is -2.40. The van der Waals surface area contributed by atoms with E-state index in [0.29, 0.717) is 5.41 Å². The van der Waals surface area contributed by atoms with Gasteiger partial charge in [-0.3, -0.25) is 0 Å². The van der Waals surface area contributed by atoms with Crippen LogP contribution in [0.3, 0.4) is 0 Å². The molecule has 0 aromatic rings. The zero-order valence-electron chi connectivity index (χ0n) is 11.3. The summed E-state index contributed by atoms with van der Waals surface area (Å²) in [7, 11) is 0. The number of rotatable bonds is 5. The highest BCUT2D eigenvalue weighted by Gasteiger charge is 2.37. The van der Waals surface area contributed by atoms with Crippen LogP contribution in [0.2, 0.25) is 0 Å². The van der Waals surface area contributed by atoms with Crippen molar-refractivity contribution in [3.05, 3.63) is 0 Å². The summed E-state index contributed by atoms with van der Waals surface area (Å²) in [6.45, 7) is 13.2. The summed E-state index contributed by atoms with van der Waals surface area (Å²) in [5, 5.41) is 3.49. The van der Waals surface area contributed by atoms with Crippen molar-refractivity contribution in [1.29, 1.82) is 0 Å². The van der Waals surface area contributed by atoms with Crippen LogP contribution in [-0.2, 0) is 0 Å². The van der Waals surface area contributed by atoms with Crippen LogP contribution in [-0.4, -0.2) is 37.6 Å². The van der Waals surface area contributed by atoms with E-state index in [1.807, 2.05) is 0 Å². The van der Waals surface area contributed by atoms with Gasteiger partial charge in [0.2, 0.25) is 0 Å². The Labute approximate surface area is 101 Å². The molecule has 2 heteroatoms. The molecule has 2 fully saturated rings.